The molecule has 3 rings (SSSR count). The lowest BCUT2D eigenvalue weighted by atomic mass is 10.1. The van der Waals surface area contributed by atoms with E-state index in [1.165, 1.54) is 13.2 Å². The van der Waals surface area contributed by atoms with Gasteiger partial charge in [0.05, 0.1) is 18.2 Å². The molecule has 4 nitrogen and oxygen atoms in total. The molecular formula is C18H16FNO3. The highest BCUT2D eigenvalue weighted by atomic mass is 19.1. The number of hydrogen-bond acceptors (Lipinski definition) is 3. The quantitative estimate of drug-likeness (QED) is 0.741. The van der Waals surface area contributed by atoms with Crippen LogP contribution in [-0.4, -0.2) is 18.1 Å². The first-order valence-electron chi connectivity index (χ1n) is 7.17. The second-order valence-corrected chi connectivity index (χ2v) is 5.20. The van der Waals surface area contributed by atoms with E-state index in [2.05, 4.69) is 4.98 Å². The number of hydrogen-bond donors (Lipinski definition) is 1. The normalized spacial score (nSPS) is 10.7. The average Bonchev–Trinajstić information content (AvgIpc) is 2.88. The van der Waals surface area contributed by atoms with E-state index in [1.54, 1.807) is 36.4 Å². The molecule has 0 saturated carbocycles. The van der Waals surface area contributed by atoms with Crippen molar-refractivity contribution in [1.29, 1.82) is 0 Å². The Balaban J connectivity index is 1.86. The molecule has 1 N–H and O–H groups in total. The van der Waals surface area contributed by atoms with Crippen LogP contribution in [0.1, 0.15) is 21.6 Å². The Morgan fingerprint density at radius 1 is 1.22 bits per heavy atom. The number of benzene rings is 2. The minimum atomic E-state index is -0.381. The summed E-state index contributed by atoms with van der Waals surface area (Å²) in [4.78, 5) is 15.0. The third-order valence-electron chi connectivity index (χ3n) is 3.70. The van der Waals surface area contributed by atoms with E-state index in [9.17, 15) is 9.18 Å². The number of esters is 1. The monoisotopic (exact) mass is 313 g/mol. The van der Waals surface area contributed by atoms with Gasteiger partial charge in [-0.2, -0.15) is 0 Å². The molecule has 0 atom stereocenters. The molecule has 0 spiro atoms. The zero-order valence-electron chi connectivity index (χ0n) is 12.9. The summed E-state index contributed by atoms with van der Waals surface area (Å²) in [6, 6.07) is 11.8. The Labute approximate surface area is 132 Å². The van der Waals surface area contributed by atoms with Crippen molar-refractivity contribution < 1.29 is 18.7 Å². The van der Waals surface area contributed by atoms with Gasteiger partial charge < -0.3 is 14.5 Å². The molecule has 0 aliphatic carbocycles. The first-order chi connectivity index (χ1) is 11.1. The molecule has 3 aromatic rings. The van der Waals surface area contributed by atoms with E-state index in [-0.39, 0.29) is 18.4 Å². The highest BCUT2D eigenvalue weighted by molar-refractivity contribution is 6.05. The van der Waals surface area contributed by atoms with Crippen LogP contribution in [0.3, 0.4) is 0 Å². The number of methoxy groups -OCH3 is 1. The van der Waals surface area contributed by atoms with Crippen LogP contribution in [0.5, 0.6) is 5.75 Å². The Hall–Kier alpha value is -2.82. The van der Waals surface area contributed by atoms with E-state index in [0.717, 1.165) is 16.6 Å². The fourth-order valence-corrected chi connectivity index (χ4v) is 2.54. The fourth-order valence-electron chi connectivity index (χ4n) is 2.54. The van der Waals surface area contributed by atoms with Gasteiger partial charge in [0, 0.05) is 22.7 Å². The summed E-state index contributed by atoms with van der Waals surface area (Å²) >= 11 is 0. The minimum absolute atomic E-state index is 0.141. The van der Waals surface area contributed by atoms with Crippen LogP contribution in [-0.2, 0) is 11.3 Å². The van der Waals surface area contributed by atoms with Gasteiger partial charge in [0.15, 0.2) is 0 Å². The van der Waals surface area contributed by atoms with Crippen LogP contribution in [0.4, 0.5) is 4.39 Å². The summed E-state index contributed by atoms with van der Waals surface area (Å²) in [6.45, 7) is 1.95. The zero-order chi connectivity index (χ0) is 16.4. The molecule has 0 aliphatic heterocycles. The predicted molar refractivity (Wildman–Crippen MR) is 85.1 cm³/mol. The topological polar surface area (TPSA) is 51.3 Å². The largest absolute Gasteiger partial charge is 0.489 e. The molecule has 23 heavy (non-hydrogen) atoms. The van der Waals surface area contributed by atoms with Crippen molar-refractivity contribution in [2.24, 2.45) is 0 Å². The summed E-state index contributed by atoms with van der Waals surface area (Å²) in [5.41, 5.74) is 2.51. The predicted octanol–water partition coefficient (Wildman–Crippen LogP) is 3.98. The van der Waals surface area contributed by atoms with Gasteiger partial charge in [-0.25, -0.2) is 9.18 Å². The molecule has 5 heteroatoms. The van der Waals surface area contributed by atoms with Crippen molar-refractivity contribution in [3.05, 3.63) is 65.1 Å². The van der Waals surface area contributed by atoms with Gasteiger partial charge in [0.1, 0.15) is 18.2 Å². The maximum atomic E-state index is 13.6. The van der Waals surface area contributed by atoms with Gasteiger partial charge in [-0.15, -0.1) is 0 Å². The molecule has 0 fully saturated rings. The van der Waals surface area contributed by atoms with Crippen molar-refractivity contribution in [1.82, 2.24) is 4.98 Å². The first-order valence-corrected chi connectivity index (χ1v) is 7.17. The lowest BCUT2D eigenvalue weighted by molar-refractivity contribution is 0.0602. The van der Waals surface area contributed by atoms with Gasteiger partial charge in [-0.05, 0) is 25.1 Å². The SMILES string of the molecule is COC(=O)c1c(C)[nH]c2cc(OCc3ccccc3F)ccc12. The highest BCUT2D eigenvalue weighted by Gasteiger charge is 2.16. The van der Waals surface area contributed by atoms with Gasteiger partial charge in [-0.1, -0.05) is 18.2 Å². The molecule has 1 aromatic heterocycles. The van der Waals surface area contributed by atoms with E-state index in [0.29, 0.717) is 16.9 Å². The second kappa shape index (κ2) is 6.12. The fraction of sp³-hybridized carbons (Fsp3) is 0.167. The van der Waals surface area contributed by atoms with E-state index < -0.39 is 0 Å². The van der Waals surface area contributed by atoms with Crippen LogP contribution in [0, 0.1) is 12.7 Å². The lowest BCUT2D eigenvalue weighted by Crippen LogP contribution is -2.02. The van der Waals surface area contributed by atoms with Crippen molar-refractivity contribution in [2.45, 2.75) is 13.5 Å². The Kier molecular flexibility index (Phi) is 4.02. The van der Waals surface area contributed by atoms with Gasteiger partial charge in [0.25, 0.3) is 0 Å². The number of rotatable bonds is 4. The summed E-state index contributed by atoms with van der Waals surface area (Å²) in [5, 5.41) is 0.771. The van der Waals surface area contributed by atoms with Crippen LogP contribution in [0.15, 0.2) is 42.5 Å². The van der Waals surface area contributed by atoms with Crippen LogP contribution in [0.25, 0.3) is 10.9 Å². The summed E-state index contributed by atoms with van der Waals surface area (Å²) in [7, 11) is 1.35. The minimum Gasteiger partial charge on any atom is -0.489 e. The van der Waals surface area contributed by atoms with Crippen molar-refractivity contribution in [3.8, 4) is 5.75 Å². The van der Waals surface area contributed by atoms with Crippen LogP contribution >= 0.6 is 0 Å². The van der Waals surface area contributed by atoms with E-state index in [4.69, 9.17) is 9.47 Å². The van der Waals surface area contributed by atoms with Crippen molar-refractivity contribution in [2.75, 3.05) is 7.11 Å². The first kappa shape index (κ1) is 15.1. The lowest BCUT2D eigenvalue weighted by Gasteiger charge is -2.07. The van der Waals surface area contributed by atoms with E-state index in [1.807, 2.05) is 6.92 Å². The van der Waals surface area contributed by atoms with Gasteiger partial charge in [0.2, 0.25) is 0 Å². The third kappa shape index (κ3) is 2.90. The average molecular weight is 313 g/mol. The molecular weight excluding hydrogens is 297 g/mol. The number of fused-ring (bicyclic) bond motifs is 1. The molecule has 118 valence electrons. The van der Waals surface area contributed by atoms with Crippen molar-refractivity contribution in [3.63, 3.8) is 0 Å². The molecule has 0 amide bonds. The third-order valence-corrected chi connectivity index (χ3v) is 3.70. The number of aromatic amines is 1. The number of nitrogens with one attached hydrogen (secondary N) is 1. The molecule has 0 aliphatic rings. The van der Waals surface area contributed by atoms with Gasteiger partial charge in [-0.3, -0.25) is 0 Å². The number of H-pyrrole nitrogens is 1. The number of aryl methyl sites for hydroxylation is 1. The van der Waals surface area contributed by atoms with Gasteiger partial charge >= 0.3 is 5.97 Å². The Bertz CT molecular complexity index is 870. The van der Waals surface area contributed by atoms with E-state index >= 15 is 0 Å². The van der Waals surface area contributed by atoms with Crippen molar-refractivity contribution >= 4 is 16.9 Å². The molecule has 0 bridgehead atoms. The van der Waals surface area contributed by atoms with Crippen LogP contribution < -0.4 is 4.74 Å². The zero-order valence-corrected chi connectivity index (χ0v) is 12.9. The summed E-state index contributed by atoms with van der Waals surface area (Å²) < 4.78 is 24.0. The maximum Gasteiger partial charge on any atom is 0.340 e. The smallest absolute Gasteiger partial charge is 0.340 e. The summed E-state index contributed by atoms with van der Waals surface area (Å²) in [5.74, 6) is -0.0792. The van der Waals surface area contributed by atoms with Crippen LogP contribution in [0.2, 0.25) is 0 Å². The number of ether oxygens (including phenoxy) is 2. The number of aromatic nitrogens is 1. The molecule has 1 heterocycles. The molecule has 0 saturated heterocycles. The second-order valence-electron chi connectivity index (χ2n) is 5.20. The number of carbonyl (C=O) groups excluding carboxylic acids is 1. The number of carbonyl (C=O) groups is 1. The maximum absolute atomic E-state index is 13.6. The molecule has 2 aromatic carbocycles. The molecule has 0 unspecified atom stereocenters. The highest BCUT2D eigenvalue weighted by Crippen LogP contribution is 2.27. The standard InChI is InChI=1S/C18H16FNO3/c1-11-17(18(21)22-2)14-8-7-13(9-16(14)20-11)23-10-12-5-3-4-6-15(12)19/h3-9,20H,10H2,1-2H3. The number of halogens is 1. The molecule has 0 radical (unpaired) electrons. The summed E-state index contributed by atoms with van der Waals surface area (Å²) in [6.07, 6.45) is 0. The Morgan fingerprint density at radius 3 is 2.74 bits per heavy atom. The Morgan fingerprint density at radius 2 is 2.00 bits per heavy atom.